The number of carboxylic acids is 1. The molecule has 3 N–H and O–H groups in total. The van der Waals surface area contributed by atoms with Gasteiger partial charge >= 0.3 is 12.1 Å². The van der Waals surface area contributed by atoms with E-state index < -0.39 is 18.1 Å². The highest BCUT2D eigenvalue weighted by Crippen LogP contribution is 2.29. The Morgan fingerprint density at radius 2 is 1.90 bits per heavy atom. The number of carbonyl (C=O) groups is 2. The summed E-state index contributed by atoms with van der Waals surface area (Å²) in [6.07, 6.45) is 2.44. The van der Waals surface area contributed by atoms with Crippen molar-refractivity contribution in [2.45, 2.75) is 38.1 Å². The molecule has 1 fully saturated rings. The topological polar surface area (TPSA) is 122 Å². The molecule has 2 atom stereocenters. The molecule has 0 aliphatic carbocycles. The minimum atomic E-state index is -1.06. The number of benzene rings is 2. The molecule has 0 radical (unpaired) electrons. The van der Waals surface area contributed by atoms with Gasteiger partial charge in [-0.15, -0.1) is 0 Å². The molecule has 10 nitrogen and oxygen atoms in total. The zero-order chi connectivity index (χ0) is 27.2. The number of carbonyl (C=O) groups excluding carboxylic acids is 1. The van der Waals surface area contributed by atoms with Crippen LogP contribution in [0.25, 0.3) is 22.3 Å². The van der Waals surface area contributed by atoms with Crippen molar-refractivity contribution in [2.75, 3.05) is 25.5 Å². The summed E-state index contributed by atoms with van der Waals surface area (Å²) in [4.78, 5) is 35.4. The average molecular weight is 529 g/mol. The van der Waals surface area contributed by atoms with Gasteiger partial charge in [-0.1, -0.05) is 48.5 Å². The van der Waals surface area contributed by atoms with Crippen LogP contribution in [0, 0.1) is 0 Å². The van der Waals surface area contributed by atoms with E-state index in [0.29, 0.717) is 5.82 Å². The van der Waals surface area contributed by atoms with Gasteiger partial charge in [-0.3, -0.25) is 4.90 Å². The fourth-order valence-corrected chi connectivity index (χ4v) is 4.98. The number of likely N-dealkylation sites (tertiary alicyclic amines) is 1. The highest BCUT2D eigenvalue weighted by molar-refractivity contribution is 5.91. The Morgan fingerprint density at radius 3 is 2.69 bits per heavy atom. The van der Waals surface area contributed by atoms with E-state index in [-0.39, 0.29) is 25.6 Å². The zero-order valence-electron chi connectivity index (χ0n) is 21.8. The van der Waals surface area contributed by atoms with E-state index in [1.165, 1.54) is 4.90 Å². The monoisotopic (exact) mass is 528 g/mol. The number of carboxylic acid groups (broad SMARTS) is 1. The van der Waals surface area contributed by atoms with Crippen LogP contribution in [-0.2, 0) is 22.7 Å². The lowest BCUT2D eigenvalue weighted by Gasteiger charge is -2.20. The molecule has 0 saturated carbocycles. The number of aryl methyl sites for hydroxylation is 1. The van der Waals surface area contributed by atoms with Crippen LogP contribution in [0.5, 0.6) is 0 Å². The first-order valence-corrected chi connectivity index (χ1v) is 13.1. The van der Waals surface area contributed by atoms with Gasteiger partial charge in [0.15, 0.2) is 0 Å². The number of pyridine rings is 1. The number of aromatic nitrogens is 3. The predicted octanol–water partition coefficient (Wildman–Crippen LogP) is 3.98. The standard InChI is InChI=1S/C29H32N6O4/c1-30-14-7-15-34-19-31-24-12-5-10-22(27(24)34)23-11-6-13-26(33-23)32-21-16-25(28(36)37)35(17-21)29(38)39-18-20-8-3-2-4-9-20/h2-6,8-13,19,21,25,30H,7,14-18H2,1H3,(H,32,33)(H,36,37)/t21-,25-/m0/s1. The van der Waals surface area contributed by atoms with Crippen LogP contribution < -0.4 is 10.6 Å². The Hall–Kier alpha value is -4.44. The molecule has 5 rings (SSSR count). The molecule has 0 bridgehead atoms. The van der Waals surface area contributed by atoms with E-state index in [1.807, 2.05) is 80.1 Å². The van der Waals surface area contributed by atoms with Gasteiger partial charge in [-0.05, 0) is 43.8 Å². The Morgan fingerprint density at radius 1 is 1.08 bits per heavy atom. The molecule has 4 aromatic rings. The van der Waals surface area contributed by atoms with Gasteiger partial charge in [0.25, 0.3) is 0 Å². The number of ether oxygens (including phenoxy) is 1. The Balaban J connectivity index is 1.31. The number of hydrogen-bond donors (Lipinski definition) is 3. The van der Waals surface area contributed by atoms with Gasteiger partial charge in [0.2, 0.25) is 0 Å². The summed E-state index contributed by atoms with van der Waals surface area (Å²) in [5, 5.41) is 16.3. The van der Waals surface area contributed by atoms with Crippen molar-refractivity contribution in [3.05, 3.63) is 78.6 Å². The SMILES string of the molecule is CNCCCn1cnc2cccc(-c3cccc(N[C@H]4C[C@@H](C(=O)O)N(C(=O)OCc5ccccc5)C4)n3)c21. The molecule has 3 heterocycles. The molecule has 1 amide bonds. The molecule has 202 valence electrons. The quantitative estimate of drug-likeness (QED) is 0.264. The van der Waals surface area contributed by atoms with Crippen LogP contribution >= 0.6 is 0 Å². The second-order valence-corrected chi connectivity index (χ2v) is 9.60. The molecule has 39 heavy (non-hydrogen) atoms. The molecule has 2 aromatic carbocycles. The number of imidazole rings is 1. The third-order valence-corrected chi connectivity index (χ3v) is 6.87. The maximum absolute atomic E-state index is 12.8. The number of anilines is 1. The molecule has 10 heteroatoms. The van der Waals surface area contributed by atoms with Crippen molar-refractivity contribution in [3.8, 4) is 11.3 Å². The van der Waals surface area contributed by atoms with E-state index in [2.05, 4.69) is 20.2 Å². The maximum Gasteiger partial charge on any atom is 0.410 e. The molecule has 0 unspecified atom stereocenters. The summed E-state index contributed by atoms with van der Waals surface area (Å²) in [6.45, 7) is 2.03. The van der Waals surface area contributed by atoms with Gasteiger partial charge in [0.1, 0.15) is 18.5 Å². The number of rotatable bonds is 10. The van der Waals surface area contributed by atoms with Crippen molar-refractivity contribution in [3.63, 3.8) is 0 Å². The Bertz CT molecular complexity index is 1440. The minimum absolute atomic E-state index is 0.0846. The smallest absolute Gasteiger partial charge is 0.410 e. The lowest BCUT2D eigenvalue weighted by Crippen LogP contribution is -2.41. The summed E-state index contributed by atoms with van der Waals surface area (Å²) in [7, 11) is 1.94. The average Bonchev–Trinajstić information content (AvgIpc) is 3.57. The third-order valence-electron chi connectivity index (χ3n) is 6.87. The van der Waals surface area contributed by atoms with Crippen molar-refractivity contribution in [2.24, 2.45) is 0 Å². The zero-order valence-corrected chi connectivity index (χ0v) is 21.8. The van der Waals surface area contributed by atoms with Crippen LogP contribution in [-0.4, -0.2) is 68.8 Å². The lowest BCUT2D eigenvalue weighted by molar-refractivity contribution is -0.141. The fraction of sp³-hybridized carbons (Fsp3) is 0.310. The number of aliphatic carboxylic acids is 1. The van der Waals surface area contributed by atoms with E-state index in [1.54, 1.807) is 0 Å². The lowest BCUT2D eigenvalue weighted by atomic mass is 10.1. The number of nitrogens with zero attached hydrogens (tertiary/aromatic N) is 4. The first-order chi connectivity index (χ1) is 19.0. The highest BCUT2D eigenvalue weighted by atomic mass is 16.6. The van der Waals surface area contributed by atoms with Gasteiger partial charge < -0.3 is 25.0 Å². The maximum atomic E-state index is 12.8. The molecule has 0 spiro atoms. The van der Waals surface area contributed by atoms with Crippen LogP contribution in [0.1, 0.15) is 18.4 Å². The summed E-state index contributed by atoms with van der Waals surface area (Å²) in [6, 6.07) is 19.7. The third kappa shape index (κ3) is 6.01. The number of nitrogens with one attached hydrogen (secondary N) is 2. The van der Waals surface area contributed by atoms with Gasteiger partial charge in [-0.25, -0.2) is 19.6 Å². The van der Waals surface area contributed by atoms with E-state index in [9.17, 15) is 14.7 Å². The van der Waals surface area contributed by atoms with E-state index >= 15 is 0 Å². The number of hydrogen-bond acceptors (Lipinski definition) is 7. The molecule has 1 saturated heterocycles. The van der Waals surface area contributed by atoms with Crippen molar-refractivity contribution in [1.82, 2.24) is 24.8 Å². The Kier molecular flexibility index (Phi) is 8.02. The van der Waals surface area contributed by atoms with Crippen molar-refractivity contribution in [1.29, 1.82) is 0 Å². The normalized spacial score (nSPS) is 16.9. The van der Waals surface area contributed by atoms with Crippen molar-refractivity contribution < 1.29 is 19.4 Å². The molecule has 1 aliphatic heterocycles. The largest absolute Gasteiger partial charge is 0.480 e. The number of fused-ring (bicyclic) bond motifs is 1. The molecule has 1 aliphatic rings. The second kappa shape index (κ2) is 12.0. The van der Waals surface area contributed by atoms with Crippen molar-refractivity contribution >= 4 is 28.9 Å². The van der Waals surface area contributed by atoms with Crippen LogP contribution in [0.3, 0.4) is 0 Å². The van der Waals surface area contributed by atoms with Crippen LogP contribution in [0.2, 0.25) is 0 Å². The molecule has 2 aromatic heterocycles. The van der Waals surface area contributed by atoms with Gasteiger partial charge in [0.05, 0.1) is 23.1 Å². The summed E-state index contributed by atoms with van der Waals surface area (Å²) in [5.74, 6) is -0.449. The predicted molar refractivity (Wildman–Crippen MR) is 148 cm³/mol. The molecular formula is C29H32N6O4. The van der Waals surface area contributed by atoms with Crippen LogP contribution in [0.4, 0.5) is 10.6 Å². The summed E-state index contributed by atoms with van der Waals surface area (Å²) >= 11 is 0. The summed E-state index contributed by atoms with van der Waals surface area (Å²) in [5.41, 5.74) is 4.53. The first-order valence-electron chi connectivity index (χ1n) is 13.1. The summed E-state index contributed by atoms with van der Waals surface area (Å²) < 4.78 is 7.57. The molecular weight excluding hydrogens is 496 g/mol. The highest BCUT2D eigenvalue weighted by Gasteiger charge is 2.40. The Labute approximate surface area is 226 Å². The van der Waals surface area contributed by atoms with Gasteiger partial charge in [0, 0.05) is 31.1 Å². The van der Waals surface area contributed by atoms with E-state index in [4.69, 9.17) is 9.72 Å². The van der Waals surface area contributed by atoms with Gasteiger partial charge in [-0.2, -0.15) is 0 Å². The van der Waals surface area contributed by atoms with Crippen LogP contribution in [0.15, 0.2) is 73.1 Å². The first kappa shape index (κ1) is 26.2. The number of amides is 1. The minimum Gasteiger partial charge on any atom is -0.480 e. The second-order valence-electron chi connectivity index (χ2n) is 9.60. The number of para-hydroxylation sites is 1. The fourth-order valence-electron chi connectivity index (χ4n) is 4.98. The van der Waals surface area contributed by atoms with E-state index in [0.717, 1.165) is 47.4 Å².